The molecule has 20 heavy (non-hydrogen) atoms. The Morgan fingerprint density at radius 2 is 1.90 bits per heavy atom. The van der Waals surface area contributed by atoms with Crippen LogP contribution in [0.3, 0.4) is 0 Å². The minimum atomic E-state index is -0.793. The van der Waals surface area contributed by atoms with Crippen molar-refractivity contribution in [3.63, 3.8) is 0 Å². The first-order valence-corrected chi connectivity index (χ1v) is 7.71. The molecule has 0 aromatic rings. The smallest absolute Gasteiger partial charge is 0.311 e. The van der Waals surface area contributed by atoms with E-state index in [4.69, 9.17) is 19.2 Å². The molecule has 1 saturated carbocycles. The third-order valence-corrected chi connectivity index (χ3v) is 5.97. The Kier molecular flexibility index (Phi) is 2.58. The Morgan fingerprint density at radius 3 is 2.70 bits per heavy atom. The quantitative estimate of drug-likeness (QED) is 0.504. The van der Waals surface area contributed by atoms with Crippen molar-refractivity contribution in [1.29, 1.82) is 0 Å². The molecule has 1 aliphatic carbocycles. The van der Waals surface area contributed by atoms with Gasteiger partial charge < -0.3 is 9.47 Å². The van der Waals surface area contributed by atoms with Crippen molar-refractivity contribution in [1.82, 2.24) is 0 Å². The standard InChI is InChI=1S/C15H22O5/c1-8-4-5-11-9(2)12(16)17-13-15(11)10(8)6-7-14(3,18-13)19-20-15/h8-11,13H,4-7H2,1-3H3/t8-,9-,10+,11+,13-,14?,15?/m1/s1. The molecule has 5 fully saturated rings. The molecule has 0 radical (unpaired) electrons. The number of ether oxygens (including phenoxy) is 2. The van der Waals surface area contributed by atoms with Gasteiger partial charge in [-0.1, -0.05) is 13.8 Å². The zero-order valence-corrected chi connectivity index (χ0v) is 12.3. The predicted molar refractivity (Wildman–Crippen MR) is 68.0 cm³/mol. The molecular formula is C15H22O5. The van der Waals surface area contributed by atoms with E-state index in [1.807, 2.05) is 13.8 Å². The molecular weight excluding hydrogens is 260 g/mol. The van der Waals surface area contributed by atoms with Crippen LogP contribution in [-0.2, 0) is 24.0 Å². The average Bonchev–Trinajstić information content (AvgIpc) is 2.63. The second-order valence-corrected chi connectivity index (χ2v) is 7.14. The van der Waals surface area contributed by atoms with Crippen LogP contribution in [0.25, 0.3) is 0 Å². The molecule has 0 N–H and O–H groups in total. The van der Waals surface area contributed by atoms with E-state index >= 15 is 0 Å². The number of esters is 1. The van der Waals surface area contributed by atoms with Crippen LogP contribution in [-0.4, -0.2) is 23.6 Å². The van der Waals surface area contributed by atoms with Gasteiger partial charge in [0.1, 0.15) is 0 Å². The minimum absolute atomic E-state index is 0.123. The summed E-state index contributed by atoms with van der Waals surface area (Å²) in [5, 5.41) is 0. The number of hydrogen-bond donors (Lipinski definition) is 0. The Morgan fingerprint density at radius 1 is 1.10 bits per heavy atom. The van der Waals surface area contributed by atoms with Gasteiger partial charge in [-0.2, -0.15) is 0 Å². The van der Waals surface area contributed by atoms with E-state index in [2.05, 4.69) is 6.92 Å². The van der Waals surface area contributed by atoms with Crippen molar-refractivity contribution in [2.24, 2.45) is 23.7 Å². The predicted octanol–water partition coefficient (Wildman–Crippen LogP) is 2.39. The average molecular weight is 282 g/mol. The Bertz CT molecular complexity index is 452. The summed E-state index contributed by atoms with van der Waals surface area (Å²) in [7, 11) is 0. The Balaban J connectivity index is 1.84. The molecule has 5 rings (SSSR count). The van der Waals surface area contributed by atoms with Gasteiger partial charge in [0.15, 0.2) is 5.60 Å². The molecule has 4 aliphatic heterocycles. The SMILES string of the molecule is C[C@@H]1CC[C@H]2[C@@H](C)C(=O)O[C@@H]3OC4(C)CC[C@@H]1C32OO4. The summed E-state index contributed by atoms with van der Waals surface area (Å²) in [6.07, 6.45) is 3.24. The van der Waals surface area contributed by atoms with Gasteiger partial charge in [0.25, 0.3) is 0 Å². The molecule has 0 amide bonds. The summed E-state index contributed by atoms with van der Waals surface area (Å²) < 4.78 is 11.6. The second-order valence-electron chi connectivity index (χ2n) is 7.14. The summed E-state index contributed by atoms with van der Waals surface area (Å²) in [6.45, 7) is 6.06. The highest BCUT2D eigenvalue weighted by Crippen LogP contribution is 2.59. The summed E-state index contributed by atoms with van der Waals surface area (Å²) in [6, 6.07) is 0. The van der Waals surface area contributed by atoms with E-state index in [1.54, 1.807) is 0 Å². The van der Waals surface area contributed by atoms with Crippen LogP contribution in [0.1, 0.15) is 46.5 Å². The number of hydrogen-bond acceptors (Lipinski definition) is 5. The lowest BCUT2D eigenvalue weighted by Gasteiger charge is -2.57. The van der Waals surface area contributed by atoms with Crippen molar-refractivity contribution in [2.75, 3.05) is 0 Å². The van der Waals surface area contributed by atoms with Crippen LogP contribution in [0.15, 0.2) is 0 Å². The maximum atomic E-state index is 12.1. The normalized spacial score (nSPS) is 57.8. The molecule has 2 unspecified atom stereocenters. The van der Waals surface area contributed by atoms with Crippen LogP contribution in [0.4, 0.5) is 0 Å². The zero-order chi connectivity index (χ0) is 14.1. The third kappa shape index (κ3) is 1.46. The van der Waals surface area contributed by atoms with Gasteiger partial charge in [0, 0.05) is 18.3 Å². The van der Waals surface area contributed by atoms with Gasteiger partial charge in [0.05, 0.1) is 5.92 Å². The lowest BCUT2D eigenvalue weighted by molar-refractivity contribution is -0.559. The van der Waals surface area contributed by atoms with Crippen molar-refractivity contribution >= 4 is 5.97 Å². The van der Waals surface area contributed by atoms with Crippen LogP contribution in [0.5, 0.6) is 0 Å². The van der Waals surface area contributed by atoms with Crippen molar-refractivity contribution < 1.29 is 24.0 Å². The molecule has 0 aromatic heterocycles. The molecule has 2 bridgehead atoms. The topological polar surface area (TPSA) is 54.0 Å². The number of fused-ring (bicyclic) bond motifs is 2. The van der Waals surface area contributed by atoms with E-state index in [9.17, 15) is 4.79 Å². The molecule has 112 valence electrons. The van der Waals surface area contributed by atoms with Crippen LogP contribution in [0, 0.1) is 23.7 Å². The fraction of sp³-hybridized carbons (Fsp3) is 0.933. The molecule has 0 aromatic carbocycles. The highest BCUT2D eigenvalue weighted by atomic mass is 17.3. The first-order chi connectivity index (χ1) is 9.46. The number of carbonyl (C=O) groups excluding carboxylic acids is 1. The highest BCUT2D eigenvalue weighted by molar-refractivity contribution is 5.74. The third-order valence-electron chi connectivity index (χ3n) is 5.97. The molecule has 4 heterocycles. The van der Waals surface area contributed by atoms with Crippen LogP contribution >= 0.6 is 0 Å². The van der Waals surface area contributed by atoms with E-state index in [-0.39, 0.29) is 17.8 Å². The van der Waals surface area contributed by atoms with E-state index in [0.717, 1.165) is 25.7 Å². The molecule has 7 atom stereocenters. The maximum Gasteiger partial charge on any atom is 0.311 e. The summed E-state index contributed by atoms with van der Waals surface area (Å²) in [4.78, 5) is 23.7. The summed E-state index contributed by atoms with van der Waals surface area (Å²) in [5.74, 6) is -0.137. The first kappa shape index (κ1) is 13.0. The van der Waals surface area contributed by atoms with E-state index in [1.165, 1.54) is 0 Å². The Labute approximate surface area is 118 Å². The lowest BCUT2D eigenvalue weighted by Crippen LogP contribution is -2.69. The van der Waals surface area contributed by atoms with Gasteiger partial charge in [-0.25, -0.2) is 9.78 Å². The molecule has 5 heteroatoms. The van der Waals surface area contributed by atoms with Gasteiger partial charge in [-0.15, -0.1) is 0 Å². The largest absolute Gasteiger partial charge is 0.432 e. The van der Waals surface area contributed by atoms with Crippen LogP contribution in [0.2, 0.25) is 0 Å². The fourth-order valence-corrected chi connectivity index (χ4v) is 4.76. The number of carbonyl (C=O) groups is 1. The minimum Gasteiger partial charge on any atom is -0.432 e. The molecule has 5 aliphatic rings. The zero-order valence-electron chi connectivity index (χ0n) is 12.3. The second kappa shape index (κ2) is 3.96. The van der Waals surface area contributed by atoms with Crippen molar-refractivity contribution in [3.05, 3.63) is 0 Å². The van der Waals surface area contributed by atoms with E-state index in [0.29, 0.717) is 11.8 Å². The monoisotopic (exact) mass is 282 g/mol. The lowest BCUT2D eigenvalue weighted by atomic mass is 9.58. The Hall–Kier alpha value is -0.650. The number of rotatable bonds is 0. The van der Waals surface area contributed by atoms with Crippen LogP contribution < -0.4 is 0 Å². The van der Waals surface area contributed by atoms with Gasteiger partial charge in [0.2, 0.25) is 12.1 Å². The maximum absolute atomic E-state index is 12.1. The highest BCUT2D eigenvalue weighted by Gasteiger charge is 2.69. The summed E-state index contributed by atoms with van der Waals surface area (Å²) in [5.41, 5.74) is -0.610. The summed E-state index contributed by atoms with van der Waals surface area (Å²) >= 11 is 0. The molecule has 5 nitrogen and oxygen atoms in total. The fourth-order valence-electron chi connectivity index (χ4n) is 4.76. The van der Waals surface area contributed by atoms with Crippen molar-refractivity contribution in [2.45, 2.75) is 64.1 Å². The van der Waals surface area contributed by atoms with E-state index < -0.39 is 17.7 Å². The molecule has 4 saturated heterocycles. The van der Waals surface area contributed by atoms with Gasteiger partial charge >= 0.3 is 5.97 Å². The van der Waals surface area contributed by atoms with Crippen molar-refractivity contribution in [3.8, 4) is 0 Å². The van der Waals surface area contributed by atoms with Gasteiger partial charge in [-0.05, 0) is 32.1 Å². The first-order valence-electron chi connectivity index (χ1n) is 7.71. The molecule has 1 spiro atoms. The van der Waals surface area contributed by atoms with Gasteiger partial charge in [-0.3, -0.25) is 4.79 Å².